The molecule has 0 saturated heterocycles. The van der Waals surface area contributed by atoms with Gasteiger partial charge in [0.25, 0.3) is 5.92 Å². The third-order valence-electron chi connectivity index (χ3n) is 1.06. The quantitative estimate of drug-likeness (QED) is 0.568. The van der Waals surface area contributed by atoms with Crippen molar-refractivity contribution in [2.75, 3.05) is 0 Å². The van der Waals surface area contributed by atoms with Crippen molar-refractivity contribution in [1.82, 2.24) is 0 Å². The molecule has 0 aromatic carbocycles. The minimum Gasteiger partial charge on any atom is -0.203 e. The molecule has 0 fully saturated rings. The van der Waals surface area contributed by atoms with Gasteiger partial charge in [0, 0.05) is 5.92 Å². The van der Waals surface area contributed by atoms with Crippen LogP contribution >= 0.6 is 23.2 Å². The van der Waals surface area contributed by atoms with Gasteiger partial charge in [-0.15, -0.1) is 0 Å². The first-order valence-electron chi connectivity index (χ1n) is 2.55. The molecule has 4 heteroatoms. The number of rotatable bonds is 2. The number of halogens is 4. The van der Waals surface area contributed by atoms with E-state index in [0.29, 0.717) is 0 Å². The summed E-state index contributed by atoms with van der Waals surface area (Å²) in [5.41, 5.74) is 0. The van der Waals surface area contributed by atoms with E-state index in [1.165, 1.54) is 13.8 Å². The van der Waals surface area contributed by atoms with E-state index in [-0.39, 0.29) is 0 Å². The summed E-state index contributed by atoms with van der Waals surface area (Å²) >= 11 is 9.96. The highest BCUT2D eigenvalue weighted by molar-refractivity contribution is 6.45. The van der Waals surface area contributed by atoms with Crippen LogP contribution in [0.1, 0.15) is 13.8 Å². The van der Waals surface area contributed by atoms with Gasteiger partial charge in [-0.1, -0.05) is 37.0 Å². The molecule has 9 heavy (non-hydrogen) atoms. The maximum atomic E-state index is 12.4. The summed E-state index contributed by atoms with van der Waals surface area (Å²) < 4.78 is 24.8. The van der Waals surface area contributed by atoms with Crippen molar-refractivity contribution in [3.05, 3.63) is 0 Å². The van der Waals surface area contributed by atoms with Crippen LogP contribution in [0.4, 0.5) is 8.78 Å². The van der Waals surface area contributed by atoms with Crippen LogP contribution in [0.2, 0.25) is 0 Å². The van der Waals surface area contributed by atoms with Gasteiger partial charge in [-0.3, -0.25) is 0 Å². The first-order chi connectivity index (χ1) is 3.89. The molecule has 0 atom stereocenters. The second kappa shape index (κ2) is 3.02. The lowest BCUT2D eigenvalue weighted by molar-refractivity contribution is -0.0309. The fourth-order valence-electron chi connectivity index (χ4n) is 0.252. The normalized spacial score (nSPS) is 13.3. The van der Waals surface area contributed by atoms with Gasteiger partial charge in [0.15, 0.2) is 4.84 Å². The molecule has 0 heterocycles. The summed E-state index contributed by atoms with van der Waals surface area (Å²) in [6.07, 6.45) is 0. The van der Waals surface area contributed by atoms with Crippen molar-refractivity contribution >= 4 is 23.2 Å². The van der Waals surface area contributed by atoms with E-state index in [1.807, 2.05) is 0 Å². The highest BCUT2D eigenvalue weighted by atomic mass is 35.5. The Morgan fingerprint density at radius 2 is 1.56 bits per heavy atom. The smallest absolute Gasteiger partial charge is 0.203 e. The summed E-state index contributed by atoms with van der Waals surface area (Å²) in [4.78, 5) is -1.60. The van der Waals surface area contributed by atoms with E-state index in [4.69, 9.17) is 23.2 Å². The first kappa shape index (κ1) is 9.44. The fraction of sp³-hybridized carbons (Fsp3) is 1.00. The lowest BCUT2D eigenvalue weighted by Crippen LogP contribution is -2.31. The molecule has 0 N–H and O–H groups in total. The monoisotopic (exact) mass is 176 g/mol. The Hall–Kier alpha value is 0.440. The average Bonchev–Trinajstić information content (AvgIpc) is 1.65. The third-order valence-corrected chi connectivity index (χ3v) is 1.64. The van der Waals surface area contributed by atoms with E-state index in [1.54, 1.807) is 0 Å². The van der Waals surface area contributed by atoms with Crippen LogP contribution in [0.5, 0.6) is 0 Å². The maximum absolute atomic E-state index is 12.4. The van der Waals surface area contributed by atoms with Crippen LogP contribution in [-0.4, -0.2) is 10.8 Å². The van der Waals surface area contributed by atoms with Crippen LogP contribution in [0.15, 0.2) is 0 Å². The van der Waals surface area contributed by atoms with Crippen molar-refractivity contribution in [3.63, 3.8) is 0 Å². The van der Waals surface area contributed by atoms with Gasteiger partial charge in [0.2, 0.25) is 0 Å². The largest absolute Gasteiger partial charge is 0.279 e. The van der Waals surface area contributed by atoms with Crippen molar-refractivity contribution in [1.29, 1.82) is 0 Å². The van der Waals surface area contributed by atoms with Crippen LogP contribution in [0.25, 0.3) is 0 Å². The second-order valence-corrected chi connectivity index (χ2v) is 3.23. The van der Waals surface area contributed by atoms with Gasteiger partial charge < -0.3 is 0 Å². The molecule has 0 aliphatic rings. The van der Waals surface area contributed by atoms with Crippen LogP contribution in [0, 0.1) is 5.92 Å². The van der Waals surface area contributed by atoms with Gasteiger partial charge in [-0.05, 0) is 0 Å². The van der Waals surface area contributed by atoms with Crippen LogP contribution in [-0.2, 0) is 0 Å². The second-order valence-electron chi connectivity index (χ2n) is 2.13. The zero-order valence-electron chi connectivity index (χ0n) is 5.17. The van der Waals surface area contributed by atoms with E-state index < -0.39 is 16.7 Å². The van der Waals surface area contributed by atoms with Gasteiger partial charge in [-0.2, -0.15) is 0 Å². The molecule has 0 saturated carbocycles. The minimum absolute atomic E-state index is 0.808. The molecule has 56 valence electrons. The zero-order chi connectivity index (χ0) is 7.65. The summed E-state index contributed by atoms with van der Waals surface area (Å²) in [5, 5.41) is 0. The molecule has 0 unspecified atom stereocenters. The summed E-state index contributed by atoms with van der Waals surface area (Å²) in [6, 6.07) is 0. The van der Waals surface area contributed by atoms with Crippen LogP contribution < -0.4 is 0 Å². The Labute approximate surface area is 63.1 Å². The molecule has 0 aliphatic heterocycles. The van der Waals surface area contributed by atoms with E-state index >= 15 is 0 Å². The molecule has 0 aromatic heterocycles. The molecule has 0 aliphatic carbocycles. The van der Waals surface area contributed by atoms with Crippen molar-refractivity contribution in [2.45, 2.75) is 24.6 Å². The van der Waals surface area contributed by atoms with Crippen molar-refractivity contribution in [3.8, 4) is 0 Å². The Balaban J connectivity index is 4.01. The summed E-state index contributed by atoms with van der Waals surface area (Å²) in [6.45, 7) is 2.75. The third kappa shape index (κ3) is 2.26. The molecule has 0 nitrogen and oxygen atoms in total. The first-order valence-corrected chi connectivity index (χ1v) is 3.42. The highest BCUT2D eigenvalue weighted by Gasteiger charge is 2.40. The molecule has 0 rings (SSSR count). The molecule has 0 aromatic rings. The fourth-order valence-corrected chi connectivity index (χ4v) is 0.756. The topological polar surface area (TPSA) is 0 Å². The Morgan fingerprint density at radius 3 is 1.56 bits per heavy atom. The lowest BCUT2D eigenvalue weighted by Gasteiger charge is -2.20. The van der Waals surface area contributed by atoms with Crippen LogP contribution in [0.3, 0.4) is 0 Å². The molecule has 0 spiro atoms. The highest BCUT2D eigenvalue weighted by Crippen LogP contribution is 2.33. The Kier molecular flexibility index (Phi) is 3.17. The van der Waals surface area contributed by atoms with Crippen molar-refractivity contribution in [2.24, 2.45) is 5.92 Å². The number of hydrogen-bond acceptors (Lipinski definition) is 0. The predicted molar refractivity (Wildman–Crippen MR) is 35.3 cm³/mol. The average molecular weight is 177 g/mol. The molecule has 0 radical (unpaired) electrons. The Morgan fingerprint density at radius 1 is 1.22 bits per heavy atom. The van der Waals surface area contributed by atoms with E-state index in [9.17, 15) is 8.78 Å². The molecular weight excluding hydrogens is 169 g/mol. The van der Waals surface area contributed by atoms with Gasteiger partial charge in [0.1, 0.15) is 0 Å². The predicted octanol–water partition coefficient (Wildman–Crippen LogP) is 3.08. The van der Waals surface area contributed by atoms with Gasteiger partial charge >= 0.3 is 0 Å². The number of hydrogen-bond donors (Lipinski definition) is 0. The summed E-state index contributed by atoms with van der Waals surface area (Å²) in [5.74, 6) is -3.78. The minimum atomic E-state index is -2.97. The summed E-state index contributed by atoms with van der Waals surface area (Å²) in [7, 11) is 0. The zero-order valence-corrected chi connectivity index (χ0v) is 6.68. The standard InChI is InChI=1S/C5H8Cl2F2/c1-3(2)5(8,9)4(6)7/h3-4H,1-2H3. The van der Waals surface area contributed by atoms with Gasteiger partial charge in [-0.25, -0.2) is 8.78 Å². The maximum Gasteiger partial charge on any atom is 0.279 e. The van der Waals surface area contributed by atoms with Crippen molar-refractivity contribution < 1.29 is 8.78 Å². The van der Waals surface area contributed by atoms with Gasteiger partial charge in [0.05, 0.1) is 0 Å². The SMILES string of the molecule is CC(C)C(F)(F)C(Cl)Cl. The lowest BCUT2D eigenvalue weighted by atomic mass is 10.1. The molecule has 0 amide bonds. The Bertz CT molecular complexity index is 81.0. The number of alkyl halides is 4. The molecular formula is C5H8Cl2F2. The molecule has 0 bridgehead atoms. The van der Waals surface area contributed by atoms with E-state index in [0.717, 1.165) is 0 Å². The van der Waals surface area contributed by atoms with E-state index in [2.05, 4.69) is 0 Å².